The third-order valence-corrected chi connectivity index (χ3v) is 8.63. The molecule has 0 amide bonds. The monoisotopic (exact) mass is 643 g/mol. The highest BCUT2D eigenvalue weighted by Gasteiger charge is 2.28. The van der Waals surface area contributed by atoms with Crippen LogP contribution < -0.4 is 19.1 Å². The van der Waals surface area contributed by atoms with Crippen molar-refractivity contribution in [3.63, 3.8) is 0 Å². The second-order valence-electron chi connectivity index (χ2n) is 11.6. The molecule has 0 saturated carbocycles. The minimum atomic E-state index is -3.42. The highest BCUT2D eigenvalue weighted by molar-refractivity contribution is 7.92. The number of anilines is 2. The lowest BCUT2D eigenvalue weighted by atomic mass is 10.0. The zero-order valence-electron chi connectivity index (χ0n) is 26.3. The van der Waals surface area contributed by atoms with E-state index in [9.17, 15) is 18.3 Å². The third-order valence-electron chi connectivity index (χ3n) is 8.04. The van der Waals surface area contributed by atoms with Gasteiger partial charge in [0.25, 0.3) is 0 Å². The van der Waals surface area contributed by atoms with E-state index in [1.165, 1.54) is 0 Å². The van der Waals surface area contributed by atoms with Crippen LogP contribution >= 0.6 is 0 Å². The largest absolute Gasteiger partial charge is 0.492 e. The van der Waals surface area contributed by atoms with Crippen molar-refractivity contribution in [2.45, 2.75) is 45.3 Å². The summed E-state index contributed by atoms with van der Waals surface area (Å²) < 4.78 is 38.7. The lowest BCUT2D eigenvalue weighted by Gasteiger charge is -2.32. The molecule has 1 aliphatic rings. The minimum Gasteiger partial charge on any atom is -0.492 e. The van der Waals surface area contributed by atoms with Gasteiger partial charge in [-0.15, -0.1) is 0 Å². The highest BCUT2D eigenvalue weighted by Crippen LogP contribution is 2.31. The Morgan fingerprint density at radius 1 is 0.891 bits per heavy atom. The first-order valence-corrected chi connectivity index (χ1v) is 17.4. The number of rotatable bonds is 14. The van der Waals surface area contributed by atoms with Crippen LogP contribution in [0.5, 0.6) is 17.2 Å². The Balaban J connectivity index is 1.24. The summed E-state index contributed by atoms with van der Waals surface area (Å²) in [6, 6.07) is 30.7. The number of carboxylic acids is 1. The van der Waals surface area contributed by atoms with Crippen LogP contribution in [0.15, 0.2) is 97.1 Å². The van der Waals surface area contributed by atoms with Crippen LogP contribution in [-0.2, 0) is 27.9 Å². The number of benzene rings is 4. The molecule has 1 fully saturated rings. The predicted octanol–water partition coefficient (Wildman–Crippen LogP) is 6.68. The van der Waals surface area contributed by atoms with Gasteiger partial charge < -0.3 is 19.5 Å². The van der Waals surface area contributed by atoms with E-state index >= 15 is 0 Å². The number of hydrogen-bond donors (Lipinski definition) is 2. The zero-order chi connectivity index (χ0) is 32.5. The predicted molar refractivity (Wildman–Crippen MR) is 181 cm³/mol. The lowest BCUT2D eigenvalue weighted by molar-refractivity contribution is -0.144. The van der Waals surface area contributed by atoms with E-state index in [0.29, 0.717) is 55.6 Å². The molecule has 0 spiro atoms. The number of likely N-dealkylation sites (tertiary alicyclic amines) is 1. The molecule has 0 aromatic heterocycles. The standard InChI is InChI=1S/C36H41N3O6S/c1-27-33(37-46(2,42)43)14-9-16-34(27)39(25-28-10-4-3-5-11-28)26-29-17-19-30(20-18-29)45-32-13-8-12-31(24-32)44-23-22-38-21-7-6-15-35(38)36(40)41/h3-5,8-14,16-20,24,35,37H,6-7,15,21-23,25-26H2,1-2H3,(H,40,41). The number of carbonyl (C=O) groups is 1. The van der Waals surface area contributed by atoms with Crippen molar-refractivity contribution < 1.29 is 27.8 Å². The van der Waals surface area contributed by atoms with E-state index in [4.69, 9.17) is 9.47 Å². The van der Waals surface area contributed by atoms with E-state index in [-0.39, 0.29) is 0 Å². The number of hydrogen-bond acceptors (Lipinski definition) is 7. The van der Waals surface area contributed by atoms with Gasteiger partial charge in [0.05, 0.1) is 11.9 Å². The molecule has 5 rings (SSSR count). The van der Waals surface area contributed by atoms with Crippen molar-refractivity contribution in [2.24, 2.45) is 0 Å². The van der Waals surface area contributed by atoms with Gasteiger partial charge in [-0.3, -0.25) is 14.4 Å². The van der Waals surface area contributed by atoms with Gasteiger partial charge in [-0.25, -0.2) is 8.42 Å². The molecule has 4 aromatic rings. The van der Waals surface area contributed by atoms with Crippen LogP contribution in [0.25, 0.3) is 0 Å². The number of carboxylic acid groups (broad SMARTS) is 1. The Morgan fingerprint density at radius 3 is 2.30 bits per heavy atom. The van der Waals surface area contributed by atoms with Crippen molar-refractivity contribution in [1.29, 1.82) is 0 Å². The van der Waals surface area contributed by atoms with Crippen LogP contribution in [0, 0.1) is 6.92 Å². The number of piperidine rings is 1. The summed E-state index contributed by atoms with van der Waals surface area (Å²) in [5, 5.41) is 9.51. The van der Waals surface area contributed by atoms with E-state index in [1.807, 2.05) is 90.7 Å². The molecule has 0 bridgehead atoms. The Hall–Kier alpha value is -4.54. The van der Waals surface area contributed by atoms with Crippen LogP contribution in [0.3, 0.4) is 0 Å². The third kappa shape index (κ3) is 9.24. The maximum Gasteiger partial charge on any atom is 0.320 e. The number of nitrogens with one attached hydrogen (secondary N) is 1. The van der Waals surface area contributed by atoms with Gasteiger partial charge in [-0.05, 0) is 79.4 Å². The summed E-state index contributed by atoms with van der Waals surface area (Å²) in [6.45, 7) is 4.90. The molecule has 10 heteroatoms. The van der Waals surface area contributed by atoms with E-state index in [0.717, 1.165) is 48.0 Å². The molecule has 1 heterocycles. The van der Waals surface area contributed by atoms with E-state index in [1.54, 1.807) is 6.07 Å². The molecule has 9 nitrogen and oxygen atoms in total. The Kier molecular flexibility index (Phi) is 10.8. The van der Waals surface area contributed by atoms with Gasteiger partial charge in [-0.2, -0.15) is 0 Å². The molecular formula is C36H41N3O6S. The van der Waals surface area contributed by atoms with Gasteiger partial charge in [-0.1, -0.05) is 61.0 Å². The van der Waals surface area contributed by atoms with Gasteiger partial charge in [0, 0.05) is 31.4 Å². The number of ether oxygens (including phenoxy) is 2. The fourth-order valence-electron chi connectivity index (χ4n) is 5.77. The summed E-state index contributed by atoms with van der Waals surface area (Å²) in [7, 11) is -3.42. The Morgan fingerprint density at radius 2 is 1.59 bits per heavy atom. The second-order valence-corrected chi connectivity index (χ2v) is 13.4. The lowest BCUT2D eigenvalue weighted by Crippen LogP contribution is -2.46. The first kappa shape index (κ1) is 32.8. The molecular weight excluding hydrogens is 602 g/mol. The average molecular weight is 644 g/mol. The minimum absolute atomic E-state index is 0.397. The number of nitrogens with zero attached hydrogens (tertiary/aromatic N) is 2. The molecule has 0 radical (unpaired) electrons. The van der Waals surface area contributed by atoms with Crippen LogP contribution in [0.2, 0.25) is 0 Å². The number of sulfonamides is 1. The molecule has 1 unspecified atom stereocenters. The Labute approximate surface area is 271 Å². The Bertz CT molecular complexity index is 1710. The van der Waals surface area contributed by atoms with Gasteiger partial charge >= 0.3 is 5.97 Å². The topological polar surface area (TPSA) is 108 Å². The molecule has 46 heavy (non-hydrogen) atoms. The van der Waals surface area contributed by atoms with Crippen LogP contribution in [0.4, 0.5) is 11.4 Å². The zero-order valence-corrected chi connectivity index (χ0v) is 27.1. The maximum absolute atomic E-state index is 12.0. The van der Waals surface area contributed by atoms with Gasteiger partial charge in [0.15, 0.2) is 0 Å². The average Bonchev–Trinajstić information content (AvgIpc) is 3.03. The molecule has 0 aliphatic carbocycles. The van der Waals surface area contributed by atoms with Crippen molar-refractivity contribution in [3.05, 3.63) is 114 Å². The van der Waals surface area contributed by atoms with Crippen LogP contribution in [0.1, 0.15) is 36.0 Å². The summed E-state index contributed by atoms with van der Waals surface area (Å²) in [6.07, 6.45) is 3.78. The van der Waals surface area contributed by atoms with Gasteiger partial charge in [0.1, 0.15) is 29.9 Å². The molecule has 1 saturated heterocycles. The number of aliphatic carboxylic acids is 1. The van der Waals surface area contributed by atoms with Gasteiger partial charge in [0.2, 0.25) is 10.0 Å². The SMILES string of the molecule is Cc1c(NS(C)(=O)=O)cccc1N(Cc1ccccc1)Cc1ccc(Oc2cccc(OCCN3CCCCC3C(=O)O)c2)cc1. The molecule has 2 N–H and O–H groups in total. The molecule has 242 valence electrons. The van der Waals surface area contributed by atoms with Crippen molar-refractivity contribution >= 4 is 27.4 Å². The van der Waals surface area contributed by atoms with E-state index in [2.05, 4.69) is 21.8 Å². The quantitative estimate of drug-likeness (QED) is 0.157. The molecule has 1 atom stereocenters. The van der Waals surface area contributed by atoms with Crippen molar-refractivity contribution in [1.82, 2.24) is 4.90 Å². The molecule has 4 aromatic carbocycles. The normalized spacial score (nSPS) is 15.2. The van der Waals surface area contributed by atoms with Crippen molar-refractivity contribution in [3.8, 4) is 17.2 Å². The first-order chi connectivity index (χ1) is 22.1. The summed E-state index contributed by atoms with van der Waals surface area (Å²) in [5.41, 5.74) is 4.56. The fraction of sp³-hybridized carbons (Fsp3) is 0.306. The maximum atomic E-state index is 12.0. The highest BCUT2D eigenvalue weighted by atomic mass is 32.2. The van der Waals surface area contributed by atoms with E-state index < -0.39 is 22.0 Å². The summed E-state index contributed by atoms with van der Waals surface area (Å²) in [4.78, 5) is 15.8. The second kappa shape index (κ2) is 15.2. The first-order valence-electron chi connectivity index (χ1n) is 15.5. The molecule has 1 aliphatic heterocycles. The summed E-state index contributed by atoms with van der Waals surface area (Å²) >= 11 is 0. The van der Waals surface area contributed by atoms with Crippen molar-refractivity contribution in [2.75, 3.05) is 35.6 Å². The summed E-state index contributed by atoms with van der Waals surface area (Å²) in [5.74, 6) is 1.22. The fourth-order valence-corrected chi connectivity index (χ4v) is 6.39. The smallest absolute Gasteiger partial charge is 0.320 e. The van der Waals surface area contributed by atoms with Crippen LogP contribution in [-0.4, -0.2) is 56.4 Å².